The second-order valence-corrected chi connectivity index (χ2v) is 7.16. The Kier molecular flexibility index (Phi) is 6.11. The zero-order chi connectivity index (χ0) is 17.6. The quantitative estimate of drug-likeness (QED) is 0.608. The first kappa shape index (κ1) is 18.2. The van der Waals surface area contributed by atoms with Crippen LogP contribution in [0.5, 0.6) is 0 Å². The van der Waals surface area contributed by atoms with Crippen LogP contribution in [-0.2, 0) is 19.6 Å². The van der Waals surface area contributed by atoms with Crippen molar-refractivity contribution in [3.8, 4) is 0 Å². The molecule has 1 N–H and O–H groups in total. The molecule has 1 aromatic rings. The van der Waals surface area contributed by atoms with Crippen molar-refractivity contribution in [3.05, 3.63) is 65.8 Å². The maximum atomic E-state index is 12.3. The number of sulfonamides is 1. The summed E-state index contributed by atoms with van der Waals surface area (Å²) in [6, 6.07) is 6.53. The molecule has 0 aromatic heterocycles. The number of carbonyl (C=O) groups excluding carboxylic acids is 1. The molecule has 0 fully saturated rings. The fourth-order valence-corrected chi connectivity index (χ4v) is 3.20. The number of rotatable bonds is 7. The summed E-state index contributed by atoms with van der Waals surface area (Å²) in [7, 11) is -3.69. The van der Waals surface area contributed by atoms with Gasteiger partial charge in [-0.05, 0) is 26.0 Å². The number of carbonyl (C=O) groups is 1. The van der Waals surface area contributed by atoms with Gasteiger partial charge in [0.15, 0.2) is 0 Å². The number of hydrogen-bond acceptors (Lipinski definition) is 4. The Morgan fingerprint density at radius 1 is 1.21 bits per heavy atom. The molecule has 0 bridgehead atoms. The van der Waals surface area contributed by atoms with E-state index < -0.39 is 16.0 Å². The average molecular weight is 347 g/mol. The van der Waals surface area contributed by atoms with Crippen LogP contribution in [-0.4, -0.2) is 27.5 Å². The monoisotopic (exact) mass is 347 g/mol. The summed E-state index contributed by atoms with van der Waals surface area (Å²) in [5, 5.41) is 0. The standard InChI is InChI=1S/C18H21NO4S/c1-3-23-18(20)16(12-15-6-4-5-7-15)13-19-24(21,22)17-10-8-14(2)9-11-17/h4-12,15,19H,3,13H2,1-2H3/b16-12-. The predicted octanol–water partition coefficient (Wildman–Crippen LogP) is 2.51. The Balaban J connectivity index is 2.14. The number of nitrogens with one attached hydrogen (secondary N) is 1. The number of allylic oxidation sites excluding steroid dienone is 5. The highest BCUT2D eigenvalue weighted by molar-refractivity contribution is 7.89. The molecular formula is C18H21NO4S. The molecule has 0 aliphatic heterocycles. The smallest absolute Gasteiger partial charge is 0.335 e. The summed E-state index contributed by atoms with van der Waals surface area (Å²) in [5.74, 6) is -0.550. The first-order valence-electron chi connectivity index (χ1n) is 7.71. The highest BCUT2D eigenvalue weighted by Gasteiger charge is 2.18. The van der Waals surface area contributed by atoms with E-state index in [9.17, 15) is 13.2 Å². The van der Waals surface area contributed by atoms with Crippen molar-refractivity contribution in [1.29, 1.82) is 0 Å². The van der Waals surface area contributed by atoms with E-state index in [0.29, 0.717) is 0 Å². The van der Waals surface area contributed by atoms with Crippen molar-refractivity contribution in [2.45, 2.75) is 18.7 Å². The average Bonchev–Trinajstić information content (AvgIpc) is 3.05. The summed E-state index contributed by atoms with van der Waals surface area (Å²) in [5.41, 5.74) is 1.26. The largest absolute Gasteiger partial charge is 0.463 e. The van der Waals surface area contributed by atoms with Crippen LogP contribution in [0.1, 0.15) is 12.5 Å². The minimum Gasteiger partial charge on any atom is -0.463 e. The molecule has 0 heterocycles. The Hall–Kier alpha value is -2.18. The van der Waals surface area contributed by atoms with Crippen LogP contribution >= 0.6 is 0 Å². The summed E-state index contributed by atoms with van der Waals surface area (Å²) in [6.45, 7) is 3.71. The molecule has 6 heteroatoms. The van der Waals surface area contributed by atoms with E-state index in [2.05, 4.69) is 4.72 Å². The maximum Gasteiger partial charge on any atom is 0.335 e. The summed E-state index contributed by atoms with van der Waals surface area (Å²) >= 11 is 0. The fraction of sp³-hybridized carbons (Fsp3) is 0.278. The highest BCUT2D eigenvalue weighted by atomic mass is 32.2. The predicted molar refractivity (Wildman–Crippen MR) is 92.9 cm³/mol. The molecule has 1 aliphatic carbocycles. The Bertz CT molecular complexity index is 762. The molecule has 0 atom stereocenters. The van der Waals surface area contributed by atoms with Crippen LogP contribution in [0, 0.1) is 12.8 Å². The lowest BCUT2D eigenvalue weighted by Gasteiger charge is -2.11. The lowest BCUT2D eigenvalue weighted by atomic mass is 10.1. The van der Waals surface area contributed by atoms with Crippen molar-refractivity contribution in [2.75, 3.05) is 13.2 Å². The Morgan fingerprint density at radius 3 is 2.42 bits per heavy atom. The second-order valence-electron chi connectivity index (χ2n) is 5.40. The summed E-state index contributed by atoms with van der Waals surface area (Å²) in [6.07, 6.45) is 9.28. The first-order chi connectivity index (χ1) is 11.4. The molecule has 0 spiro atoms. The van der Waals surface area contributed by atoms with Crippen LogP contribution in [0.2, 0.25) is 0 Å². The van der Waals surface area contributed by atoms with Crippen LogP contribution in [0.15, 0.2) is 65.1 Å². The van der Waals surface area contributed by atoms with Crippen LogP contribution in [0.4, 0.5) is 0 Å². The van der Waals surface area contributed by atoms with Crippen molar-refractivity contribution >= 4 is 16.0 Å². The third-order valence-corrected chi connectivity index (χ3v) is 4.91. The minimum atomic E-state index is -3.69. The van der Waals surface area contributed by atoms with Gasteiger partial charge in [0, 0.05) is 18.0 Å². The van der Waals surface area contributed by atoms with E-state index in [1.54, 1.807) is 25.1 Å². The van der Waals surface area contributed by atoms with Crippen LogP contribution in [0.3, 0.4) is 0 Å². The lowest BCUT2D eigenvalue weighted by molar-refractivity contribution is -0.138. The van der Waals surface area contributed by atoms with Gasteiger partial charge in [-0.3, -0.25) is 0 Å². The molecule has 1 aromatic carbocycles. The number of benzene rings is 1. The second kappa shape index (κ2) is 8.08. The molecule has 0 saturated heterocycles. The van der Waals surface area contributed by atoms with Crippen molar-refractivity contribution in [1.82, 2.24) is 4.72 Å². The van der Waals surface area contributed by atoms with Crippen molar-refractivity contribution in [2.24, 2.45) is 5.92 Å². The lowest BCUT2D eigenvalue weighted by Crippen LogP contribution is -2.29. The number of hydrogen-bond donors (Lipinski definition) is 1. The Labute approximate surface area is 142 Å². The molecule has 0 amide bonds. The van der Waals surface area contributed by atoms with Gasteiger partial charge in [0.1, 0.15) is 0 Å². The van der Waals surface area contributed by atoms with E-state index in [1.165, 1.54) is 12.1 Å². The summed E-state index contributed by atoms with van der Waals surface area (Å²) in [4.78, 5) is 12.2. The minimum absolute atomic E-state index is 0.0340. The molecule has 128 valence electrons. The molecule has 0 radical (unpaired) electrons. The SMILES string of the molecule is CCOC(=O)/C(=C\C1C=CC=C1)CNS(=O)(=O)c1ccc(C)cc1. The zero-order valence-corrected chi connectivity index (χ0v) is 14.5. The number of esters is 1. The molecule has 2 rings (SSSR count). The normalized spacial score (nSPS) is 15.0. The summed E-state index contributed by atoms with van der Waals surface area (Å²) < 4.78 is 32.2. The zero-order valence-electron chi connectivity index (χ0n) is 13.7. The molecule has 0 unspecified atom stereocenters. The molecule has 5 nitrogen and oxygen atoms in total. The van der Waals surface area contributed by atoms with E-state index in [4.69, 9.17) is 4.74 Å². The highest BCUT2D eigenvalue weighted by Crippen LogP contribution is 2.15. The van der Waals surface area contributed by atoms with Crippen molar-refractivity contribution in [3.63, 3.8) is 0 Å². The van der Waals surface area contributed by atoms with Gasteiger partial charge in [0.05, 0.1) is 11.5 Å². The maximum absolute atomic E-state index is 12.3. The topological polar surface area (TPSA) is 72.5 Å². The third kappa shape index (κ3) is 4.91. The molecule has 1 aliphatic rings. The van der Waals surface area contributed by atoms with Crippen LogP contribution in [0.25, 0.3) is 0 Å². The van der Waals surface area contributed by atoms with E-state index in [0.717, 1.165) is 5.56 Å². The number of ether oxygens (including phenoxy) is 1. The molecular weight excluding hydrogens is 326 g/mol. The molecule has 24 heavy (non-hydrogen) atoms. The third-order valence-electron chi connectivity index (χ3n) is 3.49. The number of aryl methyl sites for hydroxylation is 1. The van der Waals surface area contributed by atoms with Gasteiger partial charge in [-0.1, -0.05) is 48.1 Å². The van der Waals surface area contributed by atoms with Gasteiger partial charge in [0.2, 0.25) is 10.0 Å². The van der Waals surface area contributed by atoms with Gasteiger partial charge in [-0.15, -0.1) is 0 Å². The molecule has 0 saturated carbocycles. The first-order valence-corrected chi connectivity index (χ1v) is 9.20. The van der Waals surface area contributed by atoms with E-state index in [1.807, 2.05) is 31.2 Å². The van der Waals surface area contributed by atoms with Gasteiger partial charge in [0.25, 0.3) is 0 Å². The fourth-order valence-electron chi connectivity index (χ4n) is 2.19. The van der Waals surface area contributed by atoms with E-state index >= 15 is 0 Å². The Morgan fingerprint density at radius 2 is 1.83 bits per heavy atom. The van der Waals surface area contributed by atoms with Crippen molar-refractivity contribution < 1.29 is 17.9 Å². The van der Waals surface area contributed by atoms with Gasteiger partial charge in [-0.25, -0.2) is 17.9 Å². The van der Waals surface area contributed by atoms with Gasteiger partial charge < -0.3 is 4.74 Å². The van der Waals surface area contributed by atoms with Crippen LogP contribution < -0.4 is 4.72 Å². The van der Waals surface area contributed by atoms with Gasteiger partial charge in [-0.2, -0.15) is 0 Å². The van der Waals surface area contributed by atoms with E-state index in [-0.39, 0.29) is 29.5 Å². The van der Waals surface area contributed by atoms with Gasteiger partial charge >= 0.3 is 5.97 Å².